The van der Waals surface area contributed by atoms with Crippen molar-refractivity contribution < 1.29 is 13.7 Å². The number of nitrogens with zero attached hydrogens (tertiary/aromatic N) is 3. The van der Waals surface area contributed by atoms with Crippen LogP contribution in [0, 0.1) is 5.82 Å². The maximum absolute atomic E-state index is 13.9. The summed E-state index contributed by atoms with van der Waals surface area (Å²) in [5.74, 6) is 0.518. The molecule has 5 nitrogen and oxygen atoms in total. The Morgan fingerprint density at radius 2 is 1.75 bits per heavy atom. The van der Waals surface area contributed by atoms with E-state index in [1.165, 1.54) is 6.07 Å². The molecule has 2 aromatic heterocycles. The zero-order valence-electron chi connectivity index (χ0n) is 12.7. The van der Waals surface area contributed by atoms with E-state index >= 15 is 0 Å². The molecule has 0 bridgehead atoms. The second-order valence-electron chi connectivity index (χ2n) is 5.13. The summed E-state index contributed by atoms with van der Waals surface area (Å²) in [4.78, 5) is 8.72. The molecule has 0 spiro atoms. The van der Waals surface area contributed by atoms with Crippen LogP contribution in [0.15, 0.2) is 59.1 Å². The second kappa shape index (κ2) is 5.73. The number of benzene rings is 2. The minimum atomic E-state index is -0.401. The molecule has 4 aromatic rings. The summed E-state index contributed by atoms with van der Waals surface area (Å²) < 4.78 is 24.5. The first-order valence-electron chi connectivity index (χ1n) is 7.29. The summed E-state index contributed by atoms with van der Waals surface area (Å²) in [6.07, 6.45) is 0. The number of hydrogen-bond donors (Lipinski definition) is 0. The first-order valence-corrected chi connectivity index (χ1v) is 7.29. The molecular formula is C18H12FN3O2. The minimum Gasteiger partial charge on any atom is -0.481 e. The number of methoxy groups -OCH3 is 1. The summed E-state index contributed by atoms with van der Waals surface area (Å²) in [5, 5.41) is 4.75. The van der Waals surface area contributed by atoms with Gasteiger partial charge in [0.25, 0.3) is 5.89 Å². The molecule has 0 fully saturated rings. The van der Waals surface area contributed by atoms with Crippen molar-refractivity contribution in [1.82, 2.24) is 15.1 Å². The Bertz CT molecular complexity index is 1030. The molecule has 0 aliphatic carbocycles. The topological polar surface area (TPSA) is 61.0 Å². The minimum absolute atomic E-state index is 0.197. The fourth-order valence-electron chi connectivity index (χ4n) is 2.52. The summed E-state index contributed by atoms with van der Waals surface area (Å²) in [6, 6.07) is 15.6. The third-order valence-corrected chi connectivity index (χ3v) is 3.67. The highest BCUT2D eigenvalue weighted by molar-refractivity contribution is 5.93. The van der Waals surface area contributed by atoms with Crippen LogP contribution in [0.25, 0.3) is 33.7 Å². The Labute approximate surface area is 136 Å². The van der Waals surface area contributed by atoms with Gasteiger partial charge in [0, 0.05) is 11.5 Å². The van der Waals surface area contributed by atoms with Crippen molar-refractivity contribution in [1.29, 1.82) is 0 Å². The number of fused-ring (bicyclic) bond motifs is 1. The fourth-order valence-corrected chi connectivity index (χ4v) is 2.52. The lowest BCUT2D eigenvalue weighted by Crippen LogP contribution is -1.91. The smallest absolute Gasteiger partial charge is 0.259 e. The number of aromatic nitrogens is 3. The monoisotopic (exact) mass is 321 g/mol. The van der Waals surface area contributed by atoms with Gasteiger partial charge in [0.2, 0.25) is 11.7 Å². The molecule has 24 heavy (non-hydrogen) atoms. The van der Waals surface area contributed by atoms with E-state index in [9.17, 15) is 4.39 Å². The average molecular weight is 321 g/mol. The van der Waals surface area contributed by atoms with E-state index in [0.29, 0.717) is 11.4 Å². The van der Waals surface area contributed by atoms with Gasteiger partial charge in [-0.15, -0.1) is 0 Å². The van der Waals surface area contributed by atoms with E-state index in [1.807, 2.05) is 24.3 Å². The Morgan fingerprint density at radius 1 is 0.958 bits per heavy atom. The van der Waals surface area contributed by atoms with Crippen molar-refractivity contribution in [2.75, 3.05) is 7.11 Å². The molecule has 2 aromatic carbocycles. The molecule has 0 N–H and O–H groups in total. The van der Waals surface area contributed by atoms with Crippen molar-refractivity contribution in [2.24, 2.45) is 0 Å². The molecule has 6 heteroatoms. The fraction of sp³-hybridized carbons (Fsp3) is 0.0556. The van der Waals surface area contributed by atoms with Crippen LogP contribution in [0.2, 0.25) is 0 Å². The summed E-state index contributed by atoms with van der Waals surface area (Å²) in [7, 11) is 1.54. The van der Waals surface area contributed by atoms with Gasteiger partial charge in [-0.25, -0.2) is 9.37 Å². The Morgan fingerprint density at radius 3 is 2.58 bits per heavy atom. The third-order valence-electron chi connectivity index (χ3n) is 3.67. The van der Waals surface area contributed by atoms with Gasteiger partial charge in [-0.2, -0.15) is 4.98 Å². The van der Waals surface area contributed by atoms with Crippen LogP contribution in [0.1, 0.15) is 0 Å². The van der Waals surface area contributed by atoms with Gasteiger partial charge in [-0.1, -0.05) is 35.5 Å². The van der Waals surface area contributed by atoms with Crippen molar-refractivity contribution in [3.63, 3.8) is 0 Å². The predicted octanol–water partition coefficient (Wildman–Crippen LogP) is 4.10. The van der Waals surface area contributed by atoms with Gasteiger partial charge < -0.3 is 9.26 Å². The second-order valence-corrected chi connectivity index (χ2v) is 5.13. The van der Waals surface area contributed by atoms with Crippen LogP contribution >= 0.6 is 0 Å². The normalized spacial score (nSPS) is 10.9. The summed E-state index contributed by atoms with van der Waals surface area (Å²) in [6.45, 7) is 0. The first kappa shape index (κ1) is 14.3. The highest BCUT2D eigenvalue weighted by atomic mass is 19.1. The van der Waals surface area contributed by atoms with Crippen molar-refractivity contribution in [2.45, 2.75) is 0 Å². The lowest BCUT2D eigenvalue weighted by molar-refractivity contribution is 0.399. The molecule has 4 rings (SSSR count). The van der Waals surface area contributed by atoms with Crippen LogP contribution in [0.4, 0.5) is 4.39 Å². The molecule has 118 valence electrons. The number of rotatable bonds is 3. The number of para-hydroxylation sites is 1. The lowest BCUT2D eigenvalue weighted by atomic mass is 10.1. The van der Waals surface area contributed by atoms with E-state index < -0.39 is 5.82 Å². The highest BCUT2D eigenvalue weighted by Gasteiger charge is 2.17. The Balaban J connectivity index is 1.88. The number of hydrogen-bond acceptors (Lipinski definition) is 5. The van der Waals surface area contributed by atoms with E-state index in [0.717, 1.165) is 10.9 Å². The molecule has 0 amide bonds. The maximum atomic E-state index is 13.9. The number of pyridine rings is 1. The molecule has 0 unspecified atom stereocenters. The van der Waals surface area contributed by atoms with E-state index in [1.54, 1.807) is 31.4 Å². The zero-order chi connectivity index (χ0) is 16.5. The number of halogens is 1. The van der Waals surface area contributed by atoms with Gasteiger partial charge in [0.1, 0.15) is 5.82 Å². The molecule has 0 aliphatic heterocycles. The van der Waals surface area contributed by atoms with Crippen molar-refractivity contribution >= 4 is 10.9 Å². The van der Waals surface area contributed by atoms with E-state index in [-0.39, 0.29) is 17.3 Å². The van der Waals surface area contributed by atoms with Gasteiger partial charge in [-0.05, 0) is 18.2 Å². The molecular weight excluding hydrogens is 309 g/mol. The largest absolute Gasteiger partial charge is 0.481 e. The predicted molar refractivity (Wildman–Crippen MR) is 87.0 cm³/mol. The lowest BCUT2D eigenvalue weighted by Gasteiger charge is -2.05. The molecule has 0 radical (unpaired) electrons. The summed E-state index contributed by atoms with van der Waals surface area (Å²) in [5.41, 5.74) is 1.72. The van der Waals surface area contributed by atoms with Gasteiger partial charge in [0.15, 0.2) is 0 Å². The quantitative estimate of drug-likeness (QED) is 0.568. The van der Waals surface area contributed by atoms with Crippen LogP contribution in [0.5, 0.6) is 5.88 Å². The molecule has 0 saturated heterocycles. The van der Waals surface area contributed by atoms with Crippen LogP contribution < -0.4 is 4.74 Å². The maximum Gasteiger partial charge on any atom is 0.259 e. The van der Waals surface area contributed by atoms with Gasteiger partial charge in [0.05, 0.1) is 23.8 Å². The molecule has 0 aliphatic rings. The number of ether oxygens (including phenoxy) is 1. The molecule has 2 heterocycles. The van der Waals surface area contributed by atoms with E-state index in [4.69, 9.17) is 9.26 Å². The van der Waals surface area contributed by atoms with Crippen molar-refractivity contribution in [3.8, 4) is 28.7 Å². The SMILES string of the molecule is COc1cc(-c2nc(-c3ccccc3F)no2)c2ccccc2n1. The average Bonchev–Trinajstić information content (AvgIpc) is 3.10. The Hall–Kier alpha value is -3.28. The highest BCUT2D eigenvalue weighted by Crippen LogP contribution is 2.31. The van der Waals surface area contributed by atoms with Gasteiger partial charge >= 0.3 is 0 Å². The van der Waals surface area contributed by atoms with Crippen LogP contribution in [0.3, 0.4) is 0 Å². The van der Waals surface area contributed by atoms with E-state index in [2.05, 4.69) is 15.1 Å². The van der Waals surface area contributed by atoms with Gasteiger partial charge in [-0.3, -0.25) is 0 Å². The Kier molecular flexibility index (Phi) is 3.42. The molecule has 0 saturated carbocycles. The third kappa shape index (κ3) is 2.38. The first-order chi connectivity index (χ1) is 11.8. The van der Waals surface area contributed by atoms with Crippen LogP contribution in [-0.2, 0) is 0 Å². The molecule has 0 atom stereocenters. The summed E-state index contributed by atoms with van der Waals surface area (Å²) >= 11 is 0. The zero-order valence-corrected chi connectivity index (χ0v) is 12.7. The van der Waals surface area contributed by atoms with Crippen LogP contribution in [-0.4, -0.2) is 22.2 Å². The van der Waals surface area contributed by atoms with Crippen molar-refractivity contribution in [3.05, 3.63) is 60.4 Å². The standard InChI is InChI=1S/C18H12FN3O2/c1-23-16-10-13(11-6-3-5-9-15(11)20-16)18-21-17(22-24-18)12-7-2-4-8-14(12)19/h2-10H,1H3.